The Hall–Kier alpha value is -4.39. The summed E-state index contributed by atoms with van der Waals surface area (Å²) in [6.45, 7) is 0.789. The second kappa shape index (κ2) is 10.5. The van der Waals surface area contributed by atoms with E-state index in [2.05, 4.69) is 21.0 Å². The number of anilines is 1. The Kier molecular flexibility index (Phi) is 6.80. The van der Waals surface area contributed by atoms with Crippen molar-refractivity contribution >= 4 is 17.4 Å². The minimum absolute atomic E-state index is 0.0389. The molecule has 1 amide bonds. The van der Waals surface area contributed by atoms with Gasteiger partial charge in [-0.05, 0) is 47.4 Å². The van der Waals surface area contributed by atoms with E-state index in [0.717, 1.165) is 46.6 Å². The molecule has 0 radical (unpaired) electrons. The van der Waals surface area contributed by atoms with E-state index in [4.69, 9.17) is 4.74 Å². The van der Waals surface area contributed by atoms with Crippen LogP contribution in [0.4, 0.5) is 5.69 Å². The first-order valence-electron chi connectivity index (χ1n) is 11.9. The van der Waals surface area contributed by atoms with E-state index in [1.807, 2.05) is 47.5 Å². The number of Topliss-reactive ketones (excluding diaryl/α,β-unsaturated/α-hetero) is 1. The van der Waals surface area contributed by atoms with Crippen molar-refractivity contribution in [3.8, 4) is 16.9 Å². The molecule has 0 atom stereocenters. The van der Waals surface area contributed by atoms with E-state index < -0.39 is 0 Å². The standard InChI is InChI=1S/C29H26N4O3/c1-36-27-14-24(17-31-19-27)28(34)13-21-11-20(15-30-16-21)12-25-7-4-23(18-32-25)22-5-8-26(9-6-22)33-10-2-3-29(33)35/h4-9,11,14-19H,2-3,10,12-13H2,1H3. The van der Waals surface area contributed by atoms with E-state index in [-0.39, 0.29) is 18.1 Å². The highest BCUT2D eigenvalue weighted by atomic mass is 16.5. The normalized spacial score (nSPS) is 13.1. The Balaban J connectivity index is 1.24. The molecule has 3 aromatic heterocycles. The van der Waals surface area contributed by atoms with Crippen molar-refractivity contribution in [2.75, 3.05) is 18.6 Å². The highest BCUT2D eigenvalue weighted by molar-refractivity contribution is 5.97. The van der Waals surface area contributed by atoms with Crippen molar-refractivity contribution in [1.82, 2.24) is 15.0 Å². The molecular formula is C29H26N4O3. The molecule has 5 rings (SSSR count). The summed E-state index contributed by atoms with van der Waals surface area (Å²) in [6, 6.07) is 15.8. The molecule has 0 saturated carbocycles. The lowest BCUT2D eigenvalue weighted by Gasteiger charge is -2.16. The summed E-state index contributed by atoms with van der Waals surface area (Å²) < 4.78 is 5.16. The third kappa shape index (κ3) is 5.30. The summed E-state index contributed by atoms with van der Waals surface area (Å²) in [7, 11) is 1.55. The number of benzene rings is 1. The topological polar surface area (TPSA) is 85.3 Å². The molecule has 0 N–H and O–H groups in total. The van der Waals surface area contributed by atoms with Crippen molar-refractivity contribution in [2.24, 2.45) is 0 Å². The number of aromatic nitrogens is 3. The number of ether oxygens (including phenoxy) is 1. The third-order valence-electron chi connectivity index (χ3n) is 6.28. The van der Waals surface area contributed by atoms with E-state index in [0.29, 0.717) is 24.2 Å². The number of hydrogen-bond acceptors (Lipinski definition) is 6. The Labute approximate surface area is 209 Å². The van der Waals surface area contributed by atoms with Gasteiger partial charge < -0.3 is 9.64 Å². The van der Waals surface area contributed by atoms with Crippen LogP contribution in [0.15, 0.2) is 79.5 Å². The molecule has 1 aromatic carbocycles. The fraction of sp³-hybridized carbons (Fsp3) is 0.207. The van der Waals surface area contributed by atoms with Crippen molar-refractivity contribution in [1.29, 1.82) is 0 Å². The van der Waals surface area contributed by atoms with Crippen molar-refractivity contribution in [2.45, 2.75) is 25.7 Å². The van der Waals surface area contributed by atoms with Gasteiger partial charge in [0.25, 0.3) is 0 Å². The van der Waals surface area contributed by atoms with Crippen LogP contribution in [0.25, 0.3) is 11.1 Å². The predicted molar refractivity (Wildman–Crippen MR) is 137 cm³/mol. The molecular weight excluding hydrogens is 452 g/mol. The van der Waals surface area contributed by atoms with Gasteiger partial charge in [-0.3, -0.25) is 24.5 Å². The van der Waals surface area contributed by atoms with Crippen LogP contribution < -0.4 is 9.64 Å². The summed E-state index contributed by atoms with van der Waals surface area (Å²) in [6.07, 6.45) is 10.9. The van der Waals surface area contributed by atoms with Crippen molar-refractivity contribution in [3.05, 3.63) is 102 Å². The molecule has 180 valence electrons. The second-order valence-corrected chi connectivity index (χ2v) is 8.83. The number of rotatable bonds is 8. The van der Waals surface area contributed by atoms with Crippen molar-refractivity contribution in [3.63, 3.8) is 0 Å². The Morgan fingerprint density at radius 3 is 2.42 bits per heavy atom. The first-order valence-corrected chi connectivity index (χ1v) is 11.9. The minimum atomic E-state index is -0.0389. The number of carbonyl (C=O) groups excluding carboxylic acids is 2. The molecule has 4 heterocycles. The van der Waals surface area contributed by atoms with Gasteiger partial charge in [-0.25, -0.2) is 0 Å². The highest BCUT2D eigenvalue weighted by Crippen LogP contribution is 2.26. The molecule has 1 fully saturated rings. The van der Waals surface area contributed by atoms with Crippen LogP contribution in [-0.2, 0) is 17.6 Å². The first-order chi connectivity index (χ1) is 17.6. The van der Waals surface area contributed by atoms with Crippen LogP contribution in [-0.4, -0.2) is 40.3 Å². The summed E-state index contributed by atoms with van der Waals surface area (Å²) in [4.78, 5) is 39.5. The Morgan fingerprint density at radius 2 is 1.69 bits per heavy atom. The van der Waals surface area contributed by atoms with Crippen LogP contribution in [0.2, 0.25) is 0 Å². The molecule has 0 spiro atoms. The number of methoxy groups -OCH3 is 1. The molecule has 36 heavy (non-hydrogen) atoms. The van der Waals surface area contributed by atoms with E-state index >= 15 is 0 Å². The number of nitrogens with zero attached hydrogens (tertiary/aromatic N) is 4. The van der Waals surface area contributed by atoms with Gasteiger partial charge in [0, 0.05) is 73.1 Å². The molecule has 1 aliphatic heterocycles. The fourth-order valence-corrected chi connectivity index (χ4v) is 4.37. The number of ketones is 1. The summed E-state index contributed by atoms with van der Waals surface area (Å²) in [5, 5.41) is 0. The lowest BCUT2D eigenvalue weighted by Crippen LogP contribution is -2.23. The zero-order chi connectivity index (χ0) is 24.9. The quantitative estimate of drug-likeness (QED) is 0.342. The van der Waals surface area contributed by atoms with Crippen LogP contribution in [0.3, 0.4) is 0 Å². The largest absolute Gasteiger partial charge is 0.495 e. The van der Waals surface area contributed by atoms with Crippen molar-refractivity contribution < 1.29 is 14.3 Å². The molecule has 7 heteroatoms. The summed E-state index contributed by atoms with van der Waals surface area (Å²) >= 11 is 0. The SMILES string of the molecule is COc1cncc(C(=O)Cc2cncc(Cc3ccc(-c4ccc(N5CCCC5=O)cc4)cn3)c2)c1. The van der Waals surface area contributed by atoms with Gasteiger partial charge in [0.2, 0.25) is 5.91 Å². The zero-order valence-electron chi connectivity index (χ0n) is 20.1. The molecule has 0 unspecified atom stereocenters. The lowest BCUT2D eigenvalue weighted by molar-refractivity contribution is -0.117. The van der Waals surface area contributed by atoms with Gasteiger partial charge >= 0.3 is 0 Å². The van der Waals surface area contributed by atoms with E-state index in [1.54, 1.807) is 38.0 Å². The molecule has 0 bridgehead atoms. The first kappa shape index (κ1) is 23.4. The maximum atomic E-state index is 12.7. The summed E-state index contributed by atoms with van der Waals surface area (Å²) in [5.74, 6) is 0.705. The van der Waals surface area contributed by atoms with Crippen LogP contribution in [0.5, 0.6) is 5.75 Å². The van der Waals surface area contributed by atoms with Gasteiger partial charge in [0.1, 0.15) is 5.75 Å². The maximum Gasteiger partial charge on any atom is 0.227 e. The predicted octanol–water partition coefficient (Wildman–Crippen LogP) is 4.69. The number of pyridine rings is 3. The average Bonchev–Trinajstić information content (AvgIpc) is 3.35. The molecule has 7 nitrogen and oxygen atoms in total. The molecule has 0 aliphatic carbocycles. The second-order valence-electron chi connectivity index (χ2n) is 8.83. The van der Waals surface area contributed by atoms with Gasteiger partial charge in [-0.15, -0.1) is 0 Å². The average molecular weight is 479 g/mol. The Morgan fingerprint density at radius 1 is 0.917 bits per heavy atom. The molecule has 1 aliphatic rings. The van der Waals surface area contributed by atoms with Gasteiger partial charge in [0.15, 0.2) is 5.78 Å². The minimum Gasteiger partial charge on any atom is -0.495 e. The molecule has 1 saturated heterocycles. The maximum absolute atomic E-state index is 12.7. The third-order valence-corrected chi connectivity index (χ3v) is 6.28. The van der Waals surface area contributed by atoms with E-state index in [9.17, 15) is 9.59 Å². The number of hydrogen-bond donors (Lipinski definition) is 0. The highest BCUT2D eigenvalue weighted by Gasteiger charge is 2.21. The molecule has 4 aromatic rings. The van der Waals surface area contributed by atoms with E-state index in [1.165, 1.54) is 0 Å². The summed E-state index contributed by atoms with van der Waals surface area (Å²) in [5.41, 5.74) is 6.27. The van der Waals surface area contributed by atoms with Crippen LogP contribution in [0.1, 0.15) is 40.0 Å². The number of carbonyl (C=O) groups is 2. The fourth-order valence-electron chi connectivity index (χ4n) is 4.37. The van der Waals surface area contributed by atoms with Gasteiger partial charge in [0.05, 0.1) is 13.3 Å². The van der Waals surface area contributed by atoms with Gasteiger partial charge in [-0.2, -0.15) is 0 Å². The van der Waals surface area contributed by atoms with Gasteiger partial charge in [-0.1, -0.05) is 24.3 Å². The monoisotopic (exact) mass is 478 g/mol. The Bertz CT molecular complexity index is 1380. The number of amides is 1. The lowest BCUT2D eigenvalue weighted by atomic mass is 10.0. The van der Waals surface area contributed by atoms with Crippen LogP contribution in [0, 0.1) is 0 Å². The smallest absolute Gasteiger partial charge is 0.227 e. The zero-order valence-corrected chi connectivity index (χ0v) is 20.1. The van der Waals surface area contributed by atoms with Crippen LogP contribution >= 0.6 is 0 Å².